The molecule has 0 aliphatic rings. The van der Waals surface area contributed by atoms with Crippen LogP contribution in [0.1, 0.15) is 26.2 Å². The molecule has 3 nitrogen and oxygen atoms in total. The van der Waals surface area contributed by atoms with E-state index in [9.17, 15) is 25.7 Å². The van der Waals surface area contributed by atoms with Gasteiger partial charge in [0.2, 0.25) is 9.84 Å². The minimum Gasteiger partial charge on any atom is -0.258 e. The average molecular weight is 313 g/mol. The van der Waals surface area contributed by atoms with Gasteiger partial charge in [-0.1, -0.05) is 25.8 Å². The number of benzene rings is 1. The number of non-ortho nitro benzene ring substituents is 1. The summed E-state index contributed by atoms with van der Waals surface area (Å²) in [6.07, 6.45) is 2.14. The van der Waals surface area contributed by atoms with Crippen LogP contribution in [0.4, 0.5) is 21.2 Å². The van der Waals surface area contributed by atoms with Crippen LogP contribution in [0, 0.1) is 10.1 Å². The fraction of sp³-hybridized carbons (Fsp3) is 0.333. The lowest BCUT2D eigenvalue weighted by Crippen LogP contribution is -2.10. The zero-order valence-electron chi connectivity index (χ0n) is 10.8. The van der Waals surface area contributed by atoms with Gasteiger partial charge in [-0.25, -0.2) is 0 Å². The summed E-state index contributed by atoms with van der Waals surface area (Å²) in [6, 6.07) is 2.11. The van der Waals surface area contributed by atoms with Crippen LogP contribution in [0.2, 0.25) is 0 Å². The molecule has 0 aliphatic heterocycles. The molecule has 0 unspecified atom stereocenters. The van der Waals surface area contributed by atoms with Crippen LogP contribution in [0.3, 0.4) is 0 Å². The van der Waals surface area contributed by atoms with Crippen molar-refractivity contribution >= 4 is 15.5 Å². The van der Waals surface area contributed by atoms with E-state index in [1.54, 1.807) is 0 Å². The van der Waals surface area contributed by atoms with Gasteiger partial charge in [-0.3, -0.25) is 10.1 Å². The highest BCUT2D eigenvalue weighted by atomic mass is 32.5. The van der Waals surface area contributed by atoms with Crippen molar-refractivity contribution in [2.45, 2.75) is 31.1 Å². The first-order chi connectivity index (χ1) is 8.99. The lowest BCUT2D eigenvalue weighted by Gasteiger charge is -2.47. The van der Waals surface area contributed by atoms with Crippen LogP contribution in [0.5, 0.6) is 0 Å². The third-order valence-electron chi connectivity index (χ3n) is 2.63. The van der Waals surface area contributed by atoms with Crippen molar-refractivity contribution in [2.24, 2.45) is 0 Å². The number of halogens is 4. The van der Waals surface area contributed by atoms with Crippen LogP contribution >= 0.6 is 9.84 Å². The molecule has 1 rings (SSSR count). The minimum atomic E-state index is -8.51. The Kier molecular flexibility index (Phi) is 3.93. The molecule has 0 fully saturated rings. The Hall–Kier alpha value is -1.57. The van der Waals surface area contributed by atoms with Crippen molar-refractivity contribution in [1.29, 1.82) is 0 Å². The molecule has 0 heterocycles. The zero-order chi connectivity index (χ0) is 15.5. The van der Waals surface area contributed by atoms with Crippen molar-refractivity contribution in [3.8, 4) is 0 Å². The zero-order valence-corrected chi connectivity index (χ0v) is 11.6. The van der Waals surface area contributed by atoms with Gasteiger partial charge in [0.25, 0.3) is 5.69 Å². The molecule has 0 saturated heterocycles. The predicted octanol–water partition coefficient (Wildman–Crippen LogP) is 6.07. The van der Waals surface area contributed by atoms with Crippen molar-refractivity contribution < 1.29 is 20.5 Å². The second kappa shape index (κ2) is 4.76. The Labute approximate surface area is 113 Å². The molecule has 8 heteroatoms. The second-order valence-electron chi connectivity index (χ2n) is 4.40. The Balaban J connectivity index is 3.16. The number of unbranched alkanes of at least 4 members (excludes halogenated alkanes) is 2. The average Bonchev–Trinajstić information content (AvgIpc) is 2.34. The topological polar surface area (TPSA) is 43.1 Å². The normalized spacial score (nSPS) is 15.8. The van der Waals surface area contributed by atoms with Crippen LogP contribution in [-0.2, 0) is 0 Å². The standard InChI is InChI=1S/C12H15F4NO2S/c1-2-3-4-5-10-20(13,14,15,16)12-8-6-11(7-9-12)17(18)19/h5-10H,2-4H2,1H3. The second-order valence-corrected chi connectivity index (χ2v) is 7.41. The number of nitrogens with zero attached hydrogens (tertiary/aromatic N) is 1. The molecule has 0 N–H and O–H groups in total. The molecule has 1 aromatic rings. The van der Waals surface area contributed by atoms with Gasteiger partial charge in [-0.2, -0.15) is 0 Å². The van der Waals surface area contributed by atoms with E-state index in [2.05, 4.69) is 0 Å². The van der Waals surface area contributed by atoms with Crippen LogP contribution in [0.15, 0.2) is 40.6 Å². The molecule has 0 spiro atoms. The molecule has 0 saturated carbocycles. The van der Waals surface area contributed by atoms with E-state index in [0.29, 0.717) is 37.1 Å². The molecule has 0 atom stereocenters. The summed E-state index contributed by atoms with van der Waals surface area (Å²) in [4.78, 5) is 8.07. The highest BCUT2D eigenvalue weighted by molar-refractivity contribution is 8.52. The smallest absolute Gasteiger partial charge is 0.258 e. The summed E-state index contributed by atoms with van der Waals surface area (Å²) < 4.78 is 55.3. The maximum atomic E-state index is 13.8. The van der Waals surface area contributed by atoms with Crippen LogP contribution < -0.4 is 0 Å². The van der Waals surface area contributed by atoms with E-state index in [1.807, 2.05) is 6.92 Å². The van der Waals surface area contributed by atoms with Crippen molar-refractivity contribution in [3.05, 3.63) is 45.9 Å². The molecule has 1 aromatic carbocycles. The Bertz CT molecular complexity index is 536. The molecule has 0 bridgehead atoms. The van der Waals surface area contributed by atoms with E-state index in [1.165, 1.54) is 0 Å². The molecule has 0 radical (unpaired) electrons. The predicted molar refractivity (Wildman–Crippen MR) is 72.1 cm³/mol. The van der Waals surface area contributed by atoms with Gasteiger partial charge in [0.05, 0.1) is 9.82 Å². The van der Waals surface area contributed by atoms with E-state index in [-0.39, 0.29) is 11.8 Å². The Morgan fingerprint density at radius 2 is 1.75 bits per heavy atom. The van der Waals surface area contributed by atoms with Gasteiger partial charge in [0.15, 0.2) is 0 Å². The van der Waals surface area contributed by atoms with Gasteiger partial charge >= 0.3 is 0 Å². The van der Waals surface area contributed by atoms with Crippen molar-refractivity contribution in [1.82, 2.24) is 0 Å². The maximum absolute atomic E-state index is 13.8. The first kappa shape index (κ1) is 16.5. The number of nitro groups is 1. The first-order valence-corrected chi connectivity index (χ1v) is 8.03. The number of allylic oxidation sites excluding steroid dienone is 1. The molecular weight excluding hydrogens is 298 g/mol. The summed E-state index contributed by atoms with van der Waals surface area (Å²) in [7, 11) is -8.51. The fourth-order valence-electron chi connectivity index (χ4n) is 1.51. The van der Waals surface area contributed by atoms with Crippen molar-refractivity contribution in [2.75, 3.05) is 0 Å². The SMILES string of the molecule is CCCCC=CS(F)(F)(F)(F)c1ccc([N+](=O)[O-])cc1. The van der Waals surface area contributed by atoms with Gasteiger partial charge in [0.1, 0.15) is 0 Å². The summed E-state index contributed by atoms with van der Waals surface area (Å²) in [5, 5.41) is 10.1. The molecule has 0 amide bonds. The summed E-state index contributed by atoms with van der Waals surface area (Å²) in [6.45, 7) is 1.81. The van der Waals surface area contributed by atoms with E-state index in [4.69, 9.17) is 0 Å². The maximum Gasteiger partial charge on any atom is 0.269 e. The van der Waals surface area contributed by atoms with Crippen LogP contribution in [-0.4, -0.2) is 4.92 Å². The lowest BCUT2D eigenvalue weighted by atomic mass is 10.2. The summed E-state index contributed by atoms with van der Waals surface area (Å²) >= 11 is 0. The fourth-order valence-corrected chi connectivity index (χ4v) is 2.90. The molecule has 0 aromatic heterocycles. The number of hydrogen-bond acceptors (Lipinski definition) is 2. The van der Waals surface area contributed by atoms with E-state index in [0.717, 1.165) is 6.08 Å². The largest absolute Gasteiger partial charge is 0.269 e. The summed E-state index contributed by atoms with van der Waals surface area (Å²) in [5.74, 6) is 0. The molecule has 20 heavy (non-hydrogen) atoms. The van der Waals surface area contributed by atoms with Crippen LogP contribution in [0.25, 0.3) is 0 Å². The lowest BCUT2D eigenvalue weighted by molar-refractivity contribution is -0.384. The third kappa shape index (κ3) is 3.96. The minimum absolute atomic E-state index is 0.130. The monoisotopic (exact) mass is 313 g/mol. The summed E-state index contributed by atoms with van der Waals surface area (Å²) in [5.41, 5.74) is -0.517. The Morgan fingerprint density at radius 3 is 2.20 bits per heavy atom. The highest BCUT2D eigenvalue weighted by Gasteiger charge is 2.62. The van der Waals surface area contributed by atoms with Crippen molar-refractivity contribution in [3.63, 3.8) is 0 Å². The molecule has 114 valence electrons. The highest BCUT2D eigenvalue weighted by Crippen LogP contribution is 3.01. The van der Waals surface area contributed by atoms with E-state index < -0.39 is 25.3 Å². The quantitative estimate of drug-likeness (QED) is 0.277. The van der Waals surface area contributed by atoms with Gasteiger partial charge in [0, 0.05) is 17.5 Å². The third-order valence-corrected chi connectivity index (χ3v) is 4.63. The number of rotatable bonds is 6. The first-order valence-electron chi connectivity index (χ1n) is 5.92. The molecule has 0 aliphatic carbocycles. The van der Waals surface area contributed by atoms with Gasteiger partial charge in [-0.15, -0.1) is 15.5 Å². The number of hydrogen-bond donors (Lipinski definition) is 0. The van der Waals surface area contributed by atoms with Gasteiger partial charge in [-0.05, 0) is 18.6 Å². The molecular formula is C12H15F4NO2S. The van der Waals surface area contributed by atoms with E-state index >= 15 is 0 Å². The Morgan fingerprint density at radius 1 is 1.20 bits per heavy atom. The van der Waals surface area contributed by atoms with Gasteiger partial charge < -0.3 is 0 Å². The number of nitro benzene ring substituents is 1.